The molecule has 2 heterocycles. The molecule has 0 spiro atoms. The van der Waals surface area contributed by atoms with E-state index >= 15 is 0 Å². The molecular formula is C28H34N5O6+. The van der Waals surface area contributed by atoms with Gasteiger partial charge in [-0.15, -0.1) is 0 Å². The van der Waals surface area contributed by atoms with Gasteiger partial charge in [0.25, 0.3) is 5.91 Å². The summed E-state index contributed by atoms with van der Waals surface area (Å²) in [6, 6.07) is 12.6. The second-order valence-corrected chi connectivity index (χ2v) is 9.78. The number of H-pyrrole nitrogens is 1. The van der Waals surface area contributed by atoms with Crippen LogP contribution in [0.2, 0.25) is 0 Å². The fraction of sp³-hybridized carbons (Fsp3) is 0.357. The number of hydrogen-bond donors (Lipinski definition) is 6. The number of aromatic amines is 1. The highest BCUT2D eigenvalue weighted by atomic mass is 16.4. The van der Waals surface area contributed by atoms with Crippen molar-refractivity contribution in [3.8, 4) is 0 Å². The Labute approximate surface area is 225 Å². The number of rotatable bonds is 11. The van der Waals surface area contributed by atoms with Gasteiger partial charge in [0, 0.05) is 36.5 Å². The van der Waals surface area contributed by atoms with Gasteiger partial charge in [0.05, 0.1) is 0 Å². The average Bonchev–Trinajstić information content (AvgIpc) is 3.60. The molecular weight excluding hydrogens is 502 g/mol. The molecule has 2 aromatic carbocycles. The number of amides is 3. The second-order valence-electron chi connectivity index (χ2n) is 9.78. The number of carbonyl (C=O) groups is 4. The van der Waals surface area contributed by atoms with Gasteiger partial charge in [0.1, 0.15) is 24.7 Å². The highest BCUT2D eigenvalue weighted by molar-refractivity contribution is 5.95. The standard InChI is InChI=1S/C28H33N5O6/c29-20(16-34)25(35)31-22(14-18-15-30-21-10-5-4-9-19(18)21)26(36)32-23(13-17-7-2-1-3-8-17)27(37)33-12-6-11-24(33)28(38)39/h1-5,7-10,15,20,22-24,30,34H,6,11-14,16,29H2,(H,31,35)(H,32,36)(H,38,39)/p+1/t20-,22-,23-,24-/m0/s1. The molecule has 4 atom stereocenters. The van der Waals surface area contributed by atoms with E-state index in [2.05, 4.69) is 21.4 Å². The lowest BCUT2D eigenvalue weighted by Gasteiger charge is -2.29. The van der Waals surface area contributed by atoms with Crippen LogP contribution in [0.4, 0.5) is 0 Å². The number of para-hydroxylation sites is 1. The fourth-order valence-corrected chi connectivity index (χ4v) is 4.91. The van der Waals surface area contributed by atoms with Crippen LogP contribution < -0.4 is 16.4 Å². The number of aromatic nitrogens is 1. The molecule has 4 rings (SSSR count). The first kappa shape index (κ1) is 27.8. The molecule has 8 N–H and O–H groups in total. The van der Waals surface area contributed by atoms with Crippen molar-refractivity contribution in [2.45, 2.75) is 49.9 Å². The summed E-state index contributed by atoms with van der Waals surface area (Å²) in [4.78, 5) is 56.2. The molecule has 206 valence electrons. The molecule has 11 nitrogen and oxygen atoms in total. The maximum absolute atomic E-state index is 13.7. The van der Waals surface area contributed by atoms with Crippen molar-refractivity contribution in [1.82, 2.24) is 20.5 Å². The lowest BCUT2D eigenvalue weighted by atomic mass is 10.0. The van der Waals surface area contributed by atoms with Crippen LogP contribution in [0.3, 0.4) is 0 Å². The van der Waals surface area contributed by atoms with Crippen LogP contribution in [0.5, 0.6) is 0 Å². The molecule has 1 aliphatic heterocycles. The zero-order chi connectivity index (χ0) is 27.9. The van der Waals surface area contributed by atoms with Gasteiger partial charge in [0.2, 0.25) is 11.8 Å². The Kier molecular flexibility index (Phi) is 8.95. The van der Waals surface area contributed by atoms with Gasteiger partial charge in [-0.1, -0.05) is 48.5 Å². The lowest BCUT2D eigenvalue weighted by Crippen LogP contribution is -2.70. The molecule has 11 heteroatoms. The molecule has 0 saturated carbocycles. The number of benzene rings is 2. The Bertz CT molecular complexity index is 1330. The SMILES string of the molecule is [NH3+][C@@H](CO)C(=O)N[C@@H](Cc1c[nH]c2ccccc12)C(=O)N[C@@H](Cc1ccccc1)C(=O)N1CCC[C@H]1C(=O)O. The largest absolute Gasteiger partial charge is 0.480 e. The van der Waals surface area contributed by atoms with E-state index in [1.54, 1.807) is 6.20 Å². The fourth-order valence-electron chi connectivity index (χ4n) is 4.91. The van der Waals surface area contributed by atoms with Gasteiger partial charge in [-0.2, -0.15) is 0 Å². The summed E-state index contributed by atoms with van der Waals surface area (Å²) in [5.41, 5.74) is 6.07. The third-order valence-corrected chi connectivity index (χ3v) is 7.04. The summed E-state index contributed by atoms with van der Waals surface area (Å²) < 4.78 is 0. The van der Waals surface area contributed by atoms with E-state index < -0.39 is 54.5 Å². The van der Waals surface area contributed by atoms with E-state index in [1.165, 1.54) is 4.90 Å². The molecule has 1 aliphatic rings. The number of aliphatic hydroxyl groups excluding tert-OH is 1. The second kappa shape index (κ2) is 12.5. The number of aliphatic hydroxyl groups is 1. The van der Waals surface area contributed by atoms with Crippen LogP contribution in [-0.4, -0.2) is 81.1 Å². The van der Waals surface area contributed by atoms with Gasteiger partial charge in [-0.3, -0.25) is 14.4 Å². The van der Waals surface area contributed by atoms with Crippen LogP contribution in [-0.2, 0) is 32.0 Å². The number of carbonyl (C=O) groups excluding carboxylic acids is 3. The summed E-state index contributed by atoms with van der Waals surface area (Å²) in [5.74, 6) is -2.77. The number of nitrogens with zero attached hydrogens (tertiary/aromatic N) is 1. The Morgan fingerprint density at radius 2 is 1.67 bits per heavy atom. The first-order valence-corrected chi connectivity index (χ1v) is 13.0. The van der Waals surface area contributed by atoms with Crippen LogP contribution in [0.15, 0.2) is 60.8 Å². The molecule has 1 fully saturated rings. The monoisotopic (exact) mass is 536 g/mol. The van der Waals surface area contributed by atoms with E-state index in [1.807, 2.05) is 54.6 Å². The Hall–Kier alpha value is -4.22. The number of likely N-dealkylation sites (tertiary alicyclic amines) is 1. The van der Waals surface area contributed by atoms with Crippen LogP contribution in [0.25, 0.3) is 10.9 Å². The van der Waals surface area contributed by atoms with E-state index in [0.717, 1.165) is 22.0 Å². The quantitative estimate of drug-likeness (QED) is 0.194. The Morgan fingerprint density at radius 1 is 0.974 bits per heavy atom. The first-order valence-electron chi connectivity index (χ1n) is 13.0. The van der Waals surface area contributed by atoms with E-state index in [0.29, 0.717) is 12.8 Å². The maximum Gasteiger partial charge on any atom is 0.326 e. The minimum Gasteiger partial charge on any atom is -0.480 e. The molecule has 0 radical (unpaired) electrons. The number of hydrogen-bond acceptors (Lipinski definition) is 5. The smallest absolute Gasteiger partial charge is 0.326 e. The Balaban J connectivity index is 1.61. The highest BCUT2D eigenvalue weighted by Gasteiger charge is 2.38. The van der Waals surface area contributed by atoms with Gasteiger partial charge in [0.15, 0.2) is 6.04 Å². The number of carboxylic acids is 1. The van der Waals surface area contributed by atoms with E-state index in [9.17, 15) is 29.4 Å². The zero-order valence-corrected chi connectivity index (χ0v) is 21.5. The van der Waals surface area contributed by atoms with Crippen molar-refractivity contribution in [3.05, 3.63) is 71.9 Å². The van der Waals surface area contributed by atoms with E-state index in [4.69, 9.17) is 0 Å². The maximum atomic E-state index is 13.7. The number of aliphatic carboxylic acids is 1. The van der Waals surface area contributed by atoms with Crippen LogP contribution in [0, 0.1) is 0 Å². The first-order chi connectivity index (χ1) is 18.8. The molecule has 39 heavy (non-hydrogen) atoms. The van der Waals surface area contributed by atoms with E-state index in [-0.39, 0.29) is 19.4 Å². The molecule has 3 aromatic rings. The highest BCUT2D eigenvalue weighted by Crippen LogP contribution is 2.21. The van der Waals surface area contributed by atoms with Crippen molar-refractivity contribution in [3.63, 3.8) is 0 Å². The van der Waals surface area contributed by atoms with Crippen molar-refractivity contribution in [2.75, 3.05) is 13.2 Å². The molecule has 0 bridgehead atoms. The van der Waals surface area contributed by atoms with Crippen molar-refractivity contribution < 1.29 is 35.1 Å². The topological polar surface area (TPSA) is 179 Å². The normalized spacial score (nSPS) is 17.4. The third kappa shape index (κ3) is 6.62. The lowest BCUT2D eigenvalue weighted by molar-refractivity contribution is -0.409. The summed E-state index contributed by atoms with van der Waals surface area (Å²) in [7, 11) is 0. The molecule has 3 amide bonds. The molecule has 0 unspecified atom stereocenters. The van der Waals surface area contributed by atoms with Crippen LogP contribution in [0.1, 0.15) is 24.0 Å². The minimum atomic E-state index is -1.08. The molecule has 1 saturated heterocycles. The zero-order valence-electron chi connectivity index (χ0n) is 21.5. The number of quaternary nitrogens is 1. The summed E-state index contributed by atoms with van der Waals surface area (Å²) >= 11 is 0. The van der Waals surface area contributed by atoms with Gasteiger partial charge < -0.3 is 36.5 Å². The van der Waals surface area contributed by atoms with Crippen LogP contribution >= 0.6 is 0 Å². The molecule has 1 aromatic heterocycles. The van der Waals surface area contributed by atoms with Crippen molar-refractivity contribution >= 4 is 34.6 Å². The predicted molar refractivity (Wildman–Crippen MR) is 142 cm³/mol. The number of fused-ring (bicyclic) bond motifs is 1. The predicted octanol–water partition coefficient (Wildman–Crippen LogP) is -0.399. The van der Waals surface area contributed by atoms with Gasteiger partial charge in [-0.25, -0.2) is 4.79 Å². The van der Waals surface area contributed by atoms with Gasteiger partial charge in [-0.05, 0) is 30.0 Å². The average molecular weight is 537 g/mol. The van der Waals surface area contributed by atoms with Crippen molar-refractivity contribution in [2.24, 2.45) is 0 Å². The number of nitrogens with one attached hydrogen (secondary N) is 3. The summed E-state index contributed by atoms with van der Waals surface area (Å²) in [5, 5.41) is 25.4. The van der Waals surface area contributed by atoms with Crippen molar-refractivity contribution in [1.29, 1.82) is 0 Å². The minimum absolute atomic E-state index is 0.118. The Morgan fingerprint density at radius 3 is 2.38 bits per heavy atom. The third-order valence-electron chi connectivity index (χ3n) is 7.04. The summed E-state index contributed by atoms with van der Waals surface area (Å²) in [6.07, 6.45) is 2.93. The summed E-state index contributed by atoms with van der Waals surface area (Å²) in [6.45, 7) is -0.208. The van der Waals surface area contributed by atoms with Gasteiger partial charge >= 0.3 is 5.97 Å². The molecule has 0 aliphatic carbocycles. The number of carboxylic acid groups (broad SMARTS) is 1.